The van der Waals surface area contributed by atoms with Gasteiger partial charge in [-0.3, -0.25) is 28.7 Å². The van der Waals surface area contributed by atoms with Gasteiger partial charge in [0.05, 0.1) is 25.3 Å². The van der Waals surface area contributed by atoms with Gasteiger partial charge in [0.15, 0.2) is 0 Å². The zero-order chi connectivity index (χ0) is 18.0. The third-order valence-corrected chi connectivity index (χ3v) is 3.59. The Morgan fingerprint density at radius 2 is 1.17 bits per heavy atom. The van der Waals surface area contributed by atoms with Crippen LogP contribution >= 0.6 is 0 Å². The number of H-pyrrole nitrogens is 2. The molecule has 0 bridgehead atoms. The molecule has 2 aromatic heterocycles. The van der Waals surface area contributed by atoms with Gasteiger partial charge in [-0.25, -0.2) is 9.59 Å². The van der Waals surface area contributed by atoms with E-state index in [9.17, 15) is 29.4 Å². The first-order valence-electron chi connectivity index (χ1n) is 7.16. The molecule has 0 radical (unpaired) electrons. The molecule has 10 nitrogen and oxygen atoms in total. The van der Waals surface area contributed by atoms with Crippen molar-refractivity contribution in [2.75, 3.05) is 0 Å². The first-order chi connectivity index (χ1) is 11.2. The van der Waals surface area contributed by atoms with Gasteiger partial charge in [-0.1, -0.05) is 0 Å². The number of nitrogens with zero attached hydrogens (tertiary/aromatic N) is 2. The molecule has 10 heteroatoms. The lowest BCUT2D eigenvalue weighted by molar-refractivity contribution is -0.00152. The highest BCUT2D eigenvalue weighted by atomic mass is 16.3. The van der Waals surface area contributed by atoms with Crippen LogP contribution in [0.1, 0.15) is 11.1 Å². The summed E-state index contributed by atoms with van der Waals surface area (Å²) < 4.78 is 2.12. The molecular weight excluding hydrogens is 320 g/mol. The minimum absolute atomic E-state index is 0.269. The second kappa shape index (κ2) is 6.81. The molecule has 2 atom stereocenters. The Morgan fingerprint density at radius 3 is 1.50 bits per heavy atom. The zero-order valence-corrected chi connectivity index (χ0v) is 13.1. The first kappa shape index (κ1) is 17.6. The van der Waals surface area contributed by atoms with Crippen molar-refractivity contribution in [2.45, 2.75) is 39.1 Å². The Balaban J connectivity index is 2.17. The van der Waals surface area contributed by atoms with Crippen LogP contribution < -0.4 is 22.5 Å². The number of rotatable bonds is 5. The van der Waals surface area contributed by atoms with Crippen molar-refractivity contribution in [1.82, 2.24) is 19.1 Å². The van der Waals surface area contributed by atoms with E-state index in [0.29, 0.717) is 0 Å². The number of hydrogen-bond acceptors (Lipinski definition) is 6. The summed E-state index contributed by atoms with van der Waals surface area (Å²) in [6.45, 7) is 2.46. The van der Waals surface area contributed by atoms with Crippen LogP contribution in [0.4, 0.5) is 0 Å². The monoisotopic (exact) mass is 338 g/mol. The van der Waals surface area contributed by atoms with Crippen LogP contribution in [0.3, 0.4) is 0 Å². The van der Waals surface area contributed by atoms with Crippen LogP contribution in [0, 0.1) is 13.8 Å². The third-order valence-electron chi connectivity index (χ3n) is 3.59. The van der Waals surface area contributed by atoms with Gasteiger partial charge in [-0.05, 0) is 13.8 Å². The van der Waals surface area contributed by atoms with E-state index in [1.54, 1.807) is 0 Å². The highest BCUT2D eigenvalue weighted by molar-refractivity contribution is 5.02. The van der Waals surface area contributed by atoms with Crippen molar-refractivity contribution >= 4 is 0 Å². The summed E-state index contributed by atoms with van der Waals surface area (Å²) in [5.74, 6) is 0. The fourth-order valence-corrected chi connectivity index (χ4v) is 2.15. The van der Waals surface area contributed by atoms with Crippen molar-refractivity contribution in [1.29, 1.82) is 0 Å². The summed E-state index contributed by atoms with van der Waals surface area (Å²) in [5.41, 5.74) is -1.92. The predicted molar refractivity (Wildman–Crippen MR) is 84.1 cm³/mol. The van der Waals surface area contributed by atoms with E-state index in [4.69, 9.17) is 0 Å². The molecule has 0 unspecified atom stereocenters. The summed E-state index contributed by atoms with van der Waals surface area (Å²) in [4.78, 5) is 50.1. The molecule has 0 spiro atoms. The molecule has 0 aliphatic heterocycles. The molecule has 2 aromatic rings. The number of nitrogens with one attached hydrogen (secondary N) is 2. The average Bonchev–Trinajstić information content (AvgIpc) is 2.50. The molecule has 0 aliphatic carbocycles. The maximum Gasteiger partial charge on any atom is 0.328 e. The average molecular weight is 338 g/mol. The molecule has 0 saturated carbocycles. The largest absolute Gasteiger partial charge is 0.388 e. The predicted octanol–water partition coefficient (Wildman–Crippen LogP) is -2.57. The summed E-state index contributed by atoms with van der Waals surface area (Å²) in [7, 11) is 0. The molecule has 2 heterocycles. The van der Waals surface area contributed by atoms with Crippen molar-refractivity contribution in [2.24, 2.45) is 0 Å². The molecule has 0 aromatic carbocycles. The van der Waals surface area contributed by atoms with Crippen LogP contribution in [0.5, 0.6) is 0 Å². The minimum Gasteiger partial charge on any atom is -0.388 e. The molecule has 130 valence electrons. The van der Waals surface area contributed by atoms with Crippen molar-refractivity contribution in [3.05, 3.63) is 65.2 Å². The van der Waals surface area contributed by atoms with Gasteiger partial charge in [0.25, 0.3) is 11.1 Å². The summed E-state index contributed by atoms with van der Waals surface area (Å²) in [6, 6.07) is 0. The quantitative estimate of drug-likeness (QED) is 0.470. The van der Waals surface area contributed by atoms with Gasteiger partial charge in [0.1, 0.15) is 0 Å². The second-order valence-electron chi connectivity index (χ2n) is 5.58. The molecule has 0 amide bonds. The lowest BCUT2D eigenvalue weighted by Crippen LogP contribution is -2.41. The van der Waals surface area contributed by atoms with E-state index >= 15 is 0 Å². The number of aromatic amines is 2. The Bertz CT molecular complexity index is 887. The molecular formula is C14H18N4O6. The molecule has 0 fully saturated rings. The lowest BCUT2D eigenvalue weighted by Gasteiger charge is -2.19. The molecule has 0 saturated heterocycles. The van der Waals surface area contributed by atoms with Crippen molar-refractivity contribution < 1.29 is 10.2 Å². The van der Waals surface area contributed by atoms with Gasteiger partial charge in [0, 0.05) is 23.5 Å². The number of hydrogen-bond donors (Lipinski definition) is 4. The maximum absolute atomic E-state index is 11.7. The number of aromatic nitrogens is 4. The normalized spacial score (nSPS) is 13.7. The highest BCUT2D eigenvalue weighted by Gasteiger charge is 2.19. The molecule has 4 N–H and O–H groups in total. The molecule has 2 rings (SSSR count). The molecule has 24 heavy (non-hydrogen) atoms. The van der Waals surface area contributed by atoms with Crippen LogP contribution in [0.15, 0.2) is 31.6 Å². The van der Waals surface area contributed by atoms with E-state index in [2.05, 4.69) is 9.97 Å². The summed E-state index contributed by atoms with van der Waals surface area (Å²) >= 11 is 0. The van der Waals surface area contributed by atoms with Crippen LogP contribution in [-0.2, 0) is 13.1 Å². The van der Waals surface area contributed by atoms with Gasteiger partial charge >= 0.3 is 11.4 Å². The van der Waals surface area contributed by atoms with Crippen molar-refractivity contribution in [3.8, 4) is 0 Å². The van der Waals surface area contributed by atoms with Gasteiger partial charge < -0.3 is 10.2 Å². The fraction of sp³-hybridized carbons (Fsp3) is 0.429. The van der Waals surface area contributed by atoms with Gasteiger partial charge in [0.2, 0.25) is 0 Å². The summed E-state index contributed by atoms with van der Waals surface area (Å²) in [6.07, 6.45) is -0.194. The number of aliphatic hydroxyl groups excluding tert-OH is 2. The third kappa shape index (κ3) is 3.78. The van der Waals surface area contributed by atoms with E-state index < -0.39 is 34.7 Å². The highest BCUT2D eigenvalue weighted by Crippen LogP contribution is 2.00. The smallest absolute Gasteiger partial charge is 0.328 e. The SMILES string of the molecule is Cc1cn(C[C@@H](O)[C@H](O)Cn2cc(C)c(=O)[nH]c2=O)c(=O)[nH]c1=O. The van der Waals surface area contributed by atoms with E-state index in [0.717, 1.165) is 9.13 Å². The van der Waals surface area contributed by atoms with Gasteiger partial charge in [-0.15, -0.1) is 0 Å². The second-order valence-corrected chi connectivity index (χ2v) is 5.58. The minimum atomic E-state index is -1.37. The standard InChI is InChI=1S/C14H18N4O6/c1-7-3-17(13(23)15-11(7)21)5-9(19)10(20)6-18-4-8(2)12(22)16-14(18)24/h3-4,9-10,19-20H,5-6H2,1-2H3,(H,15,21,23)(H,16,22,24)/t9-,10-/m1/s1. The number of aliphatic hydroxyl groups is 2. The van der Waals surface area contributed by atoms with Gasteiger partial charge in [-0.2, -0.15) is 0 Å². The van der Waals surface area contributed by atoms with Crippen molar-refractivity contribution in [3.63, 3.8) is 0 Å². The maximum atomic E-state index is 11.7. The van der Waals surface area contributed by atoms with E-state index in [1.807, 2.05) is 0 Å². The van der Waals surface area contributed by atoms with Crippen LogP contribution in [0.25, 0.3) is 0 Å². The Hall–Kier alpha value is -2.72. The first-order valence-corrected chi connectivity index (χ1v) is 7.16. The van der Waals surface area contributed by atoms with Crippen LogP contribution in [-0.4, -0.2) is 41.5 Å². The number of aryl methyl sites for hydroxylation is 2. The summed E-state index contributed by atoms with van der Waals surface area (Å²) in [5, 5.41) is 20.1. The molecule has 0 aliphatic rings. The van der Waals surface area contributed by atoms with Crippen LogP contribution in [0.2, 0.25) is 0 Å². The topological polar surface area (TPSA) is 150 Å². The van der Waals surface area contributed by atoms with E-state index in [1.165, 1.54) is 26.2 Å². The zero-order valence-electron chi connectivity index (χ0n) is 13.1. The Morgan fingerprint density at radius 1 is 0.833 bits per heavy atom. The Labute approximate surface area is 134 Å². The Kier molecular flexibility index (Phi) is 5.00. The van der Waals surface area contributed by atoms with E-state index in [-0.39, 0.29) is 24.2 Å². The lowest BCUT2D eigenvalue weighted by atomic mass is 10.2. The fourth-order valence-electron chi connectivity index (χ4n) is 2.15.